The Hall–Kier alpha value is -0.860. The topological polar surface area (TPSA) is 40.5 Å². The van der Waals surface area contributed by atoms with Gasteiger partial charge in [0, 0.05) is 11.5 Å². The molecular formula is C16H26O2. The van der Waals surface area contributed by atoms with Crippen molar-refractivity contribution in [3.8, 4) is 0 Å². The number of benzene rings is 1. The molecule has 1 unspecified atom stereocenters. The number of hydrogen-bond donors (Lipinski definition) is 2. The zero-order valence-electron chi connectivity index (χ0n) is 11.6. The molecule has 0 aliphatic heterocycles. The first kappa shape index (κ1) is 15.2. The van der Waals surface area contributed by atoms with Crippen LogP contribution in [-0.4, -0.2) is 10.2 Å². The van der Waals surface area contributed by atoms with Crippen LogP contribution < -0.4 is 0 Å². The summed E-state index contributed by atoms with van der Waals surface area (Å²) in [7, 11) is 0. The summed E-state index contributed by atoms with van der Waals surface area (Å²) in [4.78, 5) is 0. The second-order valence-corrected chi connectivity index (χ2v) is 5.20. The average Bonchev–Trinajstić information content (AvgIpc) is 2.39. The zero-order valence-corrected chi connectivity index (χ0v) is 11.6. The van der Waals surface area contributed by atoms with E-state index in [0.717, 1.165) is 12.8 Å². The van der Waals surface area contributed by atoms with Gasteiger partial charge in [-0.15, -0.1) is 0 Å². The van der Waals surface area contributed by atoms with Crippen LogP contribution in [0.1, 0.15) is 57.9 Å². The van der Waals surface area contributed by atoms with E-state index in [1.165, 1.54) is 25.7 Å². The molecule has 18 heavy (non-hydrogen) atoms. The van der Waals surface area contributed by atoms with E-state index in [0.29, 0.717) is 5.56 Å². The lowest BCUT2D eigenvalue weighted by atomic mass is 9.89. The largest absolute Gasteiger partial charge is 0.362 e. The molecule has 0 heterocycles. The number of unbranched alkanes of at least 4 members (excludes halogenated alkanes) is 4. The van der Waals surface area contributed by atoms with E-state index in [2.05, 4.69) is 6.92 Å². The van der Waals surface area contributed by atoms with E-state index >= 15 is 0 Å². The van der Waals surface area contributed by atoms with Gasteiger partial charge in [-0.25, -0.2) is 0 Å². The monoisotopic (exact) mass is 250 g/mol. The second kappa shape index (κ2) is 7.55. The Balaban J connectivity index is 2.42. The van der Waals surface area contributed by atoms with Crippen molar-refractivity contribution in [2.75, 3.05) is 0 Å². The van der Waals surface area contributed by atoms with Gasteiger partial charge in [0.25, 0.3) is 0 Å². The fraction of sp³-hybridized carbons (Fsp3) is 0.625. The summed E-state index contributed by atoms with van der Waals surface area (Å²) in [6.45, 7) is 4.11. The van der Waals surface area contributed by atoms with Crippen LogP contribution in [0.4, 0.5) is 0 Å². The van der Waals surface area contributed by atoms with Crippen molar-refractivity contribution >= 4 is 0 Å². The minimum absolute atomic E-state index is 0.137. The predicted octanol–water partition coefficient (Wildman–Crippen LogP) is 3.82. The fourth-order valence-electron chi connectivity index (χ4n) is 2.22. The van der Waals surface area contributed by atoms with E-state index in [1.54, 1.807) is 12.1 Å². The molecule has 1 rings (SSSR count). The lowest BCUT2D eigenvalue weighted by molar-refractivity contribution is -0.207. The highest BCUT2D eigenvalue weighted by Gasteiger charge is 2.32. The van der Waals surface area contributed by atoms with E-state index in [1.807, 2.05) is 25.1 Å². The van der Waals surface area contributed by atoms with Gasteiger partial charge in [-0.1, -0.05) is 76.3 Å². The lowest BCUT2D eigenvalue weighted by Crippen LogP contribution is -2.33. The van der Waals surface area contributed by atoms with Crippen molar-refractivity contribution < 1.29 is 10.2 Å². The molecule has 0 saturated heterocycles. The summed E-state index contributed by atoms with van der Waals surface area (Å²) in [6.07, 6.45) is 6.86. The van der Waals surface area contributed by atoms with Gasteiger partial charge < -0.3 is 10.2 Å². The number of hydrogen-bond acceptors (Lipinski definition) is 2. The van der Waals surface area contributed by atoms with Gasteiger partial charge in [0.1, 0.15) is 0 Å². The molecule has 102 valence electrons. The minimum atomic E-state index is -1.70. The molecule has 2 N–H and O–H groups in total. The molecule has 1 atom stereocenters. The van der Waals surface area contributed by atoms with Gasteiger partial charge in [0.15, 0.2) is 5.79 Å². The van der Waals surface area contributed by atoms with Crippen LogP contribution in [-0.2, 0) is 5.79 Å². The summed E-state index contributed by atoms with van der Waals surface area (Å²) in [6, 6.07) is 9.10. The molecule has 0 radical (unpaired) electrons. The highest BCUT2D eigenvalue weighted by Crippen LogP contribution is 2.30. The van der Waals surface area contributed by atoms with Crippen LogP contribution in [0.25, 0.3) is 0 Å². The van der Waals surface area contributed by atoms with Crippen molar-refractivity contribution in [2.45, 2.75) is 58.2 Å². The van der Waals surface area contributed by atoms with Crippen molar-refractivity contribution in [2.24, 2.45) is 5.92 Å². The maximum Gasteiger partial charge on any atom is 0.192 e. The van der Waals surface area contributed by atoms with Crippen LogP contribution in [0.15, 0.2) is 30.3 Å². The van der Waals surface area contributed by atoms with Crippen LogP contribution in [0.5, 0.6) is 0 Å². The molecule has 0 aliphatic rings. The third kappa shape index (κ3) is 4.43. The van der Waals surface area contributed by atoms with Gasteiger partial charge >= 0.3 is 0 Å². The molecule has 0 spiro atoms. The van der Waals surface area contributed by atoms with Crippen LogP contribution in [0.2, 0.25) is 0 Å². The second-order valence-electron chi connectivity index (χ2n) is 5.20. The van der Waals surface area contributed by atoms with Gasteiger partial charge in [-0.05, 0) is 6.42 Å². The third-order valence-corrected chi connectivity index (χ3v) is 3.63. The Labute approximate surface area is 111 Å². The highest BCUT2D eigenvalue weighted by molar-refractivity contribution is 5.20. The Kier molecular flexibility index (Phi) is 6.37. The molecule has 0 bridgehead atoms. The molecule has 0 fully saturated rings. The number of rotatable bonds is 8. The summed E-state index contributed by atoms with van der Waals surface area (Å²) < 4.78 is 0. The first-order chi connectivity index (χ1) is 8.59. The quantitative estimate of drug-likeness (QED) is 0.544. The van der Waals surface area contributed by atoms with E-state index < -0.39 is 5.79 Å². The van der Waals surface area contributed by atoms with Crippen molar-refractivity contribution in [3.05, 3.63) is 35.9 Å². The highest BCUT2D eigenvalue weighted by atomic mass is 16.5. The predicted molar refractivity (Wildman–Crippen MR) is 75.1 cm³/mol. The van der Waals surface area contributed by atoms with E-state index in [4.69, 9.17) is 0 Å². The van der Waals surface area contributed by atoms with Crippen LogP contribution in [0.3, 0.4) is 0 Å². The van der Waals surface area contributed by atoms with Crippen molar-refractivity contribution in [1.29, 1.82) is 0 Å². The molecule has 0 aliphatic carbocycles. The molecule has 0 saturated carbocycles. The first-order valence-corrected chi connectivity index (χ1v) is 7.09. The minimum Gasteiger partial charge on any atom is -0.362 e. The van der Waals surface area contributed by atoms with Crippen LogP contribution in [0, 0.1) is 5.92 Å². The molecule has 1 aromatic rings. The molecule has 1 aromatic carbocycles. The van der Waals surface area contributed by atoms with Gasteiger partial charge in [-0.2, -0.15) is 0 Å². The van der Waals surface area contributed by atoms with Crippen molar-refractivity contribution in [1.82, 2.24) is 0 Å². The first-order valence-electron chi connectivity index (χ1n) is 7.09. The summed E-state index contributed by atoms with van der Waals surface area (Å²) >= 11 is 0. The summed E-state index contributed by atoms with van der Waals surface area (Å²) in [5, 5.41) is 20.4. The summed E-state index contributed by atoms with van der Waals surface area (Å²) in [5.41, 5.74) is 0.589. The Morgan fingerprint density at radius 2 is 1.61 bits per heavy atom. The average molecular weight is 250 g/mol. The normalized spacial score (nSPS) is 13.6. The fourth-order valence-corrected chi connectivity index (χ4v) is 2.22. The SMILES string of the molecule is CCCCCCCC(C)C(O)(O)c1ccccc1. The van der Waals surface area contributed by atoms with Gasteiger partial charge in [0.2, 0.25) is 0 Å². The Bertz CT molecular complexity index is 319. The third-order valence-electron chi connectivity index (χ3n) is 3.63. The number of aliphatic hydroxyl groups is 2. The Morgan fingerprint density at radius 1 is 1.00 bits per heavy atom. The van der Waals surface area contributed by atoms with Gasteiger partial charge in [-0.3, -0.25) is 0 Å². The smallest absolute Gasteiger partial charge is 0.192 e. The summed E-state index contributed by atoms with van der Waals surface area (Å²) in [5.74, 6) is -1.84. The standard InChI is InChI=1S/C16H26O2/c1-3-4-5-6-8-11-14(2)16(17,18)15-12-9-7-10-13-15/h7,9-10,12-14,17-18H,3-6,8,11H2,1-2H3. The van der Waals surface area contributed by atoms with Gasteiger partial charge in [0.05, 0.1) is 0 Å². The Morgan fingerprint density at radius 3 is 2.22 bits per heavy atom. The molecule has 0 aromatic heterocycles. The molecule has 0 amide bonds. The maximum atomic E-state index is 10.2. The zero-order chi connectivity index (χ0) is 13.4. The molecule has 2 nitrogen and oxygen atoms in total. The lowest BCUT2D eigenvalue weighted by Gasteiger charge is -2.29. The molecular weight excluding hydrogens is 224 g/mol. The van der Waals surface area contributed by atoms with Crippen LogP contribution >= 0.6 is 0 Å². The van der Waals surface area contributed by atoms with E-state index in [-0.39, 0.29) is 5.92 Å². The van der Waals surface area contributed by atoms with Crippen molar-refractivity contribution in [3.63, 3.8) is 0 Å². The molecule has 2 heteroatoms. The van der Waals surface area contributed by atoms with E-state index in [9.17, 15) is 10.2 Å². The maximum absolute atomic E-state index is 10.2.